The number of hydrazone groups is 1. The predicted molar refractivity (Wildman–Crippen MR) is 105 cm³/mol. The van der Waals surface area contributed by atoms with Crippen molar-refractivity contribution in [1.29, 1.82) is 0 Å². The van der Waals surface area contributed by atoms with Crippen LogP contribution in [-0.2, 0) is 11.2 Å². The van der Waals surface area contributed by atoms with Gasteiger partial charge in [-0.3, -0.25) is 4.79 Å². The molecule has 0 aliphatic carbocycles. The van der Waals surface area contributed by atoms with Gasteiger partial charge in [0.1, 0.15) is 5.75 Å². The molecule has 0 aliphatic heterocycles. The van der Waals surface area contributed by atoms with Crippen LogP contribution in [0.4, 0.5) is 0 Å². The number of benzene rings is 2. The van der Waals surface area contributed by atoms with Gasteiger partial charge in [-0.05, 0) is 52.5 Å². The average molecular weight is 424 g/mol. The lowest BCUT2D eigenvalue weighted by molar-refractivity contribution is -0.121. The van der Waals surface area contributed by atoms with E-state index >= 15 is 0 Å². The SMILES string of the molecule is CCc1ccc(OCCCC(=O)N/N=C/c2ccccc2Cl)c(Br)c1. The Kier molecular flexibility index (Phi) is 7.95. The Balaban J connectivity index is 1.69. The summed E-state index contributed by atoms with van der Waals surface area (Å²) in [6, 6.07) is 13.3. The van der Waals surface area contributed by atoms with Crippen molar-refractivity contribution in [1.82, 2.24) is 5.43 Å². The molecule has 6 heteroatoms. The molecule has 0 radical (unpaired) electrons. The highest BCUT2D eigenvalue weighted by Crippen LogP contribution is 2.26. The fourth-order valence-electron chi connectivity index (χ4n) is 2.11. The second kappa shape index (κ2) is 10.2. The highest BCUT2D eigenvalue weighted by Gasteiger charge is 2.04. The van der Waals surface area contributed by atoms with Crippen LogP contribution in [0.15, 0.2) is 52.0 Å². The number of carbonyl (C=O) groups is 1. The summed E-state index contributed by atoms with van der Waals surface area (Å²) in [5.74, 6) is 0.627. The van der Waals surface area contributed by atoms with Gasteiger partial charge in [-0.15, -0.1) is 0 Å². The number of nitrogens with one attached hydrogen (secondary N) is 1. The molecule has 0 spiro atoms. The molecule has 4 nitrogen and oxygen atoms in total. The molecule has 132 valence electrons. The molecule has 0 heterocycles. The second-order valence-electron chi connectivity index (χ2n) is 5.39. The standard InChI is InChI=1S/C19H20BrClN2O2/c1-2-14-9-10-18(16(20)12-14)25-11-5-8-19(24)23-22-13-15-6-3-4-7-17(15)21/h3-4,6-7,9-10,12-13H,2,5,8,11H2,1H3,(H,23,24)/b22-13+. The van der Waals surface area contributed by atoms with E-state index in [1.54, 1.807) is 6.07 Å². The van der Waals surface area contributed by atoms with E-state index in [2.05, 4.69) is 33.4 Å². The molecule has 0 bridgehead atoms. The van der Waals surface area contributed by atoms with Crippen LogP contribution in [0.5, 0.6) is 5.75 Å². The molecule has 2 rings (SSSR count). The quantitative estimate of drug-likeness (QED) is 0.370. The van der Waals surface area contributed by atoms with Crippen LogP contribution in [0.1, 0.15) is 30.9 Å². The summed E-state index contributed by atoms with van der Waals surface area (Å²) in [4.78, 5) is 11.8. The van der Waals surface area contributed by atoms with Gasteiger partial charge >= 0.3 is 0 Å². The third kappa shape index (κ3) is 6.52. The van der Waals surface area contributed by atoms with Crippen molar-refractivity contribution in [3.63, 3.8) is 0 Å². The zero-order chi connectivity index (χ0) is 18.1. The third-order valence-electron chi connectivity index (χ3n) is 3.51. The van der Waals surface area contributed by atoms with Crippen LogP contribution in [0.2, 0.25) is 5.02 Å². The van der Waals surface area contributed by atoms with E-state index in [1.807, 2.05) is 36.4 Å². The number of hydrogen-bond acceptors (Lipinski definition) is 3. The normalized spacial score (nSPS) is 10.8. The van der Waals surface area contributed by atoms with E-state index in [0.717, 1.165) is 22.2 Å². The number of aryl methyl sites for hydroxylation is 1. The lowest BCUT2D eigenvalue weighted by atomic mass is 10.2. The van der Waals surface area contributed by atoms with E-state index in [9.17, 15) is 4.79 Å². The largest absolute Gasteiger partial charge is 0.492 e. The molecule has 2 aromatic carbocycles. The third-order valence-corrected chi connectivity index (χ3v) is 4.47. The Morgan fingerprint density at radius 3 is 2.84 bits per heavy atom. The van der Waals surface area contributed by atoms with Gasteiger partial charge in [0.2, 0.25) is 5.91 Å². The zero-order valence-corrected chi connectivity index (χ0v) is 16.3. The van der Waals surface area contributed by atoms with Gasteiger partial charge in [0, 0.05) is 17.0 Å². The predicted octanol–water partition coefficient (Wildman–Crippen LogP) is 4.97. The molecular weight excluding hydrogens is 404 g/mol. The summed E-state index contributed by atoms with van der Waals surface area (Å²) in [6.07, 6.45) is 3.46. The molecule has 2 aromatic rings. The summed E-state index contributed by atoms with van der Waals surface area (Å²) < 4.78 is 6.62. The first-order chi connectivity index (χ1) is 12.1. The smallest absolute Gasteiger partial charge is 0.240 e. The van der Waals surface area contributed by atoms with E-state index < -0.39 is 0 Å². The van der Waals surface area contributed by atoms with Gasteiger partial charge in [0.05, 0.1) is 17.3 Å². The Morgan fingerprint density at radius 2 is 2.12 bits per heavy atom. The minimum absolute atomic E-state index is 0.160. The summed E-state index contributed by atoms with van der Waals surface area (Å²) in [5.41, 5.74) is 4.49. The first kappa shape index (κ1) is 19.5. The average Bonchev–Trinajstić information content (AvgIpc) is 2.61. The fourth-order valence-corrected chi connectivity index (χ4v) is 2.83. The molecule has 1 amide bonds. The first-order valence-electron chi connectivity index (χ1n) is 8.07. The summed E-state index contributed by atoms with van der Waals surface area (Å²) >= 11 is 9.50. The Hall–Kier alpha value is -1.85. The molecule has 0 unspecified atom stereocenters. The number of amides is 1. The lowest BCUT2D eigenvalue weighted by Crippen LogP contribution is -2.18. The Labute approximate surface area is 161 Å². The van der Waals surface area contributed by atoms with Crippen LogP contribution in [0.25, 0.3) is 0 Å². The summed E-state index contributed by atoms with van der Waals surface area (Å²) in [5, 5.41) is 4.51. The van der Waals surface area contributed by atoms with Crippen molar-refractivity contribution < 1.29 is 9.53 Å². The number of carbonyl (C=O) groups excluding carboxylic acids is 1. The molecule has 25 heavy (non-hydrogen) atoms. The zero-order valence-electron chi connectivity index (χ0n) is 14.0. The van der Waals surface area contributed by atoms with Gasteiger partial charge in [0.15, 0.2) is 0 Å². The summed E-state index contributed by atoms with van der Waals surface area (Å²) in [6.45, 7) is 2.57. The van der Waals surface area contributed by atoms with Crippen molar-refractivity contribution in [3.05, 3.63) is 63.1 Å². The molecular formula is C19H20BrClN2O2. The van der Waals surface area contributed by atoms with Gasteiger partial charge in [-0.25, -0.2) is 5.43 Å². The van der Waals surface area contributed by atoms with Gasteiger partial charge in [0.25, 0.3) is 0 Å². The summed E-state index contributed by atoms with van der Waals surface area (Å²) in [7, 11) is 0. The number of rotatable bonds is 8. The molecule has 0 fully saturated rings. The highest BCUT2D eigenvalue weighted by molar-refractivity contribution is 9.10. The molecule has 1 N–H and O–H groups in total. The van der Waals surface area contributed by atoms with Gasteiger partial charge < -0.3 is 4.74 Å². The molecule has 0 saturated heterocycles. The number of hydrogen-bond donors (Lipinski definition) is 1. The van der Waals surface area contributed by atoms with Crippen LogP contribution in [0.3, 0.4) is 0 Å². The minimum atomic E-state index is -0.160. The second-order valence-corrected chi connectivity index (χ2v) is 6.65. The molecule has 0 aromatic heterocycles. The minimum Gasteiger partial charge on any atom is -0.492 e. The van der Waals surface area contributed by atoms with Gasteiger partial charge in [-0.1, -0.05) is 42.8 Å². The first-order valence-corrected chi connectivity index (χ1v) is 9.25. The van der Waals surface area contributed by atoms with Crippen molar-refractivity contribution in [3.8, 4) is 5.75 Å². The van der Waals surface area contributed by atoms with Crippen molar-refractivity contribution in [2.45, 2.75) is 26.2 Å². The number of ether oxygens (including phenoxy) is 1. The lowest BCUT2D eigenvalue weighted by Gasteiger charge is -2.09. The van der Waals surface area contributed by atoms with E-state index in [0.29, 0.717) is 24.5 Å². The fraction of sp³-hybridized carbons (Fsp3) is 0.263. The van der Waals surface area contributed by atoms with E-state index in [-0.39, 0.29) is 5.91 Å². The van der Waals surface area contributed by atoms with Crippen molar-refractivity contribution >= 4 is 39.7 Å². The maximum Gasteiger partial charge on any atom is 0.240 e. The van der Waals surface area contributed by atoms with E-state index in [4.69, 9.17) is 16.3 Å². The Bertz CT molecular complexity index is 750. The highest BCUT2D eigenvalue weighted by atomic mass is 79.9. The number of nitrogens with zero attached hydrogens (tertiary/aromatic N) is 1. The van der Waals surface area contributed by atoms with Crippen molar-refractivity contribution in [2.24, 2.45) is 5.10 Å². The van der Waals surface area contributed by atoms with Crippen LogP contribution in [-0.4, -0.2) is 18.7 Å². The molecule has 0 atom stereocenters. The molecule has 0 aliphatic rings. The number of halogens is 2. The topological polar surface area (TPSA) is 50.7 Å². The Morgan fingerprint density at radius 1 is 1.32 bits per heavy atom. The van der Waals surface area contributed by atoms with Crippen LogP contribution < -0.4 is 10.2 Å². The van der Waals surface area contributed by atoms with Crippen LogP contribution in [0, 0.1) is 0 Å². The van der Waals surface area contributed by atoms with Crippen molar-refractivity contribution in [2.75, 3.05) is 6.61 Å². The maximum atomic E-state index is 11.8. The van der Waals surface area contributed by atoms with Gasteiger partial charge in [-0.2, -0.15) is 5.10 Å². The van der Waals surface area contributed by atoms with Crippen LogP contribution >= 0.6 is 27.5 Å². The molecule has 0 saturated carbocycles. The van der Waals surface area contributed by atoms with E-state index in [1.165, 1.54) is 11.8 Å². The monoisotopic (exact) mass is 422 g/mol. The maximum absolute atomic E-state index is 11.8.